The maximum atomic E-state index is 12.9. The summed E-state index contributed by atoms with van der Waals surface area (Å²) >= 11 is 0. The number of benzene rings is 2. The van der Waals surface area contributed by atoms with Crippen molar-refractivity contribution < 1.29 is 9.53 Å². The monoisotopic (exact) mass is 400 g/mol. The van der Waals surface area contributed by atoms with Crippen molar-refractivity contribution in [1.82, 2.24) is 9.88 Å². The van der Waals surface area contributed by atoms with Crippen molar-refractivity contribution in [3.8, 4) is 5.75 Å². The standard InChI is InChI=1S/C26H28N2O2/c1-30-20-6-4-5-18(13-20)26-11-12-28(25(29)17-9-10-17)16-19(26)14-22-21-7-2-3-8-23(21)27-24(22)15-26/h2-8,13,17,19,27H,9-12,14-16H2,1H3/t19?,26-/m1/s1. The molecule has 30 heavy (non-hydrogen) atoms. The minimum Gasteiger partial charge on any atom is -0.497 e. The number of aromatic nitrogens is 1. The predicted molar refractivity (Wildman–Crippen MR) is 118 cm³/mol. The molecular weight excluding hydrogens is 372 g/mol. The molecule has 4 heteroatoms. The number of carbonyl (C=O) groups excluding carboxylic acids is 1. The number of nitrogens with zero attached hydrogens (tertiary/aromatic N) is 1. The summed E-state index contributed by atoms with van der Waals surface area (Å²) < 4.78 is 5.57. The van der Waals surface area contributed by atoms with Crippen LogP contribution in [0.15, 0.2) is 48.5 Å². The first-order valence-electron chi connectivity index (χ1n) is 11.2. The number of aromatic amines is 1. The van der Waals surface area contributed by atoms with Gasteiger partial charge in [0.25, 0.3) is 0 Å². The van der Waals surface area contributed by atoms with Gasteiger partial charge in [-0.05, 0) is 67.3 Å². The zero-order valence-electron chi connectivity index (χ0n) is 17.5. The molecule has 1 saturated carbocycles. The number of hydrogen-bond acceptors (Lipinski definition) is 2. The molecule has 0 radical (unpaired) electrons. The molecule has 2 fully saturated rings. The van der Waals surface area contributed by atoms with Gasteiger partial charge < -0.3 is 14.6 Å². The van der Waals surface area contributed by atoms with Gasteiger partial charge in [-0.25, -0.2) is 0 Å². The first-order valence-corrected chi connectivity index (χ1v) is 11.2. The summed E-state index contributed by atoms with van der Waals surface area (Å²) in [6, 6.07) is 17.3. The number of hydrogen-bond donors (Lipinski definition) is 1. The zero-order chi connectivity index (χ0) is 20.3. The van der Waals surface area contributed by atoms with Gasteiger partial charge in [0.05, 0.1) is 7.11 Å². The molecule has 2 aromatic carbocycles. The highest BCUT2D eigenvalue weighted by Crippen LogP contribution is 2.50. The molecule has 1 aliphatic heterocycles. The van der Waals surface area contributed by atoms with E-state index in [1.807, 2.05) is 6.07 Å². The Hall–Kier alpha value is -2.75. The van der Waals surface area contributed by atoms with Gasteiger partial charge in [-0.1, -0.05) is 30.3 Å². The Balaban J connectivity index is 1.45. The number of ether oxygens (including phenoxy) is 1. The van der Waals surface area contributed by atoms with Crippen molar-refractivity contribution in [3.63, 3.8) is 0 Å². The van der Waals surface area contributed by atoms with Crippen LogP contribution in [0.4, 0.5) is 0 Å². The lowest BCUT2D eigenvalue weighted by Gasteiger charge is -2.51. The van der Waals surface area contributed by atoms with E-state index in [-0.39, 0.29) is 5.41 Å². The fourth-order valence-electron chi connectivity index (χ4n) is 5.97. The zero-order valence-corrected chi connectivity index (χ0v) is 17.5. The molecule has 3 aromatic rings. The quantitative estimate of drug-likeness (QED) is 0.705. The average Bonchev–Trinajstić information content (AvgIpc) is 3.58. The van der Waals surface area contributed by atoms with Crippen LogP contribution in [0, 0.1) is 11.8 Å². The molecule has 4 nitrogen and oxygen atoms in total. The van der Waals surface area contributed by atoms with Crippen molar-refractivity contribution in [2.45, 2.75) is 37.5 Å². The number of rotatable bonds is 3. The van der Waals surface area contributed by atoms with E-state index in [2.05, 4.69) is 52.3 Å². The van der Waals surface area contributed by atoms with E-state index in [0.717, 1.165) is 50.9 Å². The number of likely N-dealkylation sites (tertiary alicyclic amines) is 1. The molecule has 1 amide bonds. The van der Waals surface area contributed by atoms with Crippen LogP contribution in [0.3, 0.4) is 0 Å². The molecule has 0 bridgehead atoms. The molecule has 3 aliphatic rings. The second-order valence-electron chi connectivity index (χ2n) is 9.40. The predicted octanol–water partition coefficient (Wildman–Crippen LogP) is 4.47. The maximum absolute atomic E-state index is 12.9. The van der Waals surface area contributed by atoms with Gasteiger partial charge in [-0.15, -0.1) is 0 Å². The Morgan fingerprint density at radius 3 is 2.87 bits per heavy atom. The summed E-state index contributed by atoms with van der Waals surface area (Å²) in [6.45, 7) is 1.73. The molecule has 6 rings (SSSR count). The maximum Gasteiger partial charge on any atom is 0.225 e. The summed E-state index contributed by atoms with van der Waals surface area (Å²) in [5, 5.41) is 1.34. The van der Waals surface area contributed by atoms with Gasteiger partial charge >= 0.3 is 0 Å². The molecule has 1 unspecified atom stereocenters. The van der Waals surface area contributed by atoms with Crippen molar-refractivity contribution >= 4 is 16.8 Å². The topological polar surface area (TPSA) is 45.3 Å². The summed E-state index contributed by atoms with van der Waals surface area (Å²) in [6.07, 6.45) is 5.19. The molecule has 1 aromatic heterocycles. The normalized spacial score (nSPS) is 25.6. The van der Waals surface area contributed by atoms with Crippen molar-refractivity contribution in [2.24, 2.45) is 11.8 Å². The smallest absolute Gasteiger partial charge is 0.225 e. The fourth-order valence-corrected chi connectivity index (χ4v) is 5.97. The third kappa shape index (κ3) is 2.69. The van der Waals surface area contributed by atoms with Crippen LogP contribution in [0.2, 0.25) is 0 Å². The second kappa shape index (κ2) is 6.63. The number of methoxy groups -OCH3 is 1. The number of H-pyrrole nitrogens is 1. The lowest BCUT2D eigenvalue weighted by atomic mass is 9.58. The van der Waals surface area contributed by atoms with Gasteiger partial charge in [-0.2, -0.15) is 0 Å². The minimum atomic E-state index is 0.0444. The number of para-hydroxylation sites is 1. The van der Waals surface area contributed by atoms with Crippen LogP contribution in [0.1, 0.15) is 36.1 Å². The molecule has 154 valence electrons. The van der Waals surface area contributed by atoms with E-state index in [4.69, 9.17) is 4.74 Å². The number of fused-ring (bicyclic) bond motifs is 4. The number of piperidine rings is 1. The molecule has 2 atom stereocenters. The largest absolute Gasteiger partial charge is 0.497 e. The Bertz CT molecular complexity index is 1130. The van der Waals surface area contributed by atoms with Crippen molar-refractivity contribution in [1.29, 1.82) is 0 Å². The van der Waals surface area contributed by atoms with Gasteiger partial charge in [0.1, 0.15) is 5.75 Å². The highest BCUT2D eigenvalue weighted by Gasteiger charge is 2.49. The summed E-state index contributed by atoms with van der Waals surface area (Å²) in [5.41, 5.74) is 5.46. The third-order valence-corrected chi connectivity index (χ3v) is 7.78. The van der Waals surface area contributed by atoms with Crippen molar-refractivity contribution in [3.05, 3.63) is 65.4 Å². The van der Waals surface area contributed by atoms with Crippen molar-refractivity contribution in [2.75, 3.05) is 20.2 Å². The summed E-state index contributed by atoms with van der Waals surface area (Å²) in [5.74, 6) is 2.02. The minimum absolute atomic E-state index is 0.0444. The van der Waals surface area contributed by atoms with E-state index in [0.29, 0.717) is 17.7 Å². The molecule has 2 heterocycles. The van der Waals surface area contributed by atoms with Gasteiger partial charge in [0.2, 0.25) is 5.91 Å². The van der Waals surface area contributed by atoms with Crippen LogP contribution < -0.4 is 4.74 Å². The Morgan fingerprint density at radius 2 is 2.03 bits per heavy atom. The van der Waals surface area contributed by atoms with Crippen LogP contribution >= 0.6 is 0 Å². The molecule has 1 saturated heterocycles. The van der Waals surface area contributed by atoms with E-state index in [1.54, 1.807) is 7.11 Å². The lowest BCUT2D eigenvalue weighted by Crippen LogP contribution is -2.55. The van der Waals surface area contributed by atoms with E-state index >= 15 is 0 Å². The Kier molecular flexibility index (Phi) is 3.99. The first-order chi connectivity index (χ1) is 14.7. The first kappa shape index (κ1) is 18.1. The number of carbonyl (C=O) groups is 1. The van der Waals surface area contributed by atoms with Gasteiger partial charge in [0.15, 0.2) is 0 Å². The Labute approximate surface area is 177 Å². The highest BCUT2D eigenvalue weighted by atomic mass is 16.5. The molecular formula is C26H28N2O2. The van der Waals surface area contributed by atoms with Crippen LogP contribution in [-0.4, -0.2) is 36.0 Å². The molecule has 0 spiro atoms. The van der Waals surface area contributed by atoms with Gasteiger partial charge in [0, 0.05) is 41.0 Å². The van der Waals surface area contributed by atoms with E-state index < -0.39 is 0 Å². The van der Waals surface area contributed by atoms with Gasteiger partial charge in [-0.3, -0.25) is 4.79 Å². The van der Waals surface area contributed by atoms with E-state index in [9.17, 15) is 4.79 Å². The summed E-state index contributed by atoms with van der Waals surface area (Å²) in [7, 11) is 1.74. The highest BCUT2D eigenvalue weighted by molar-refractivity contribution is 5.85. The SMILES string of the molecule is COc1cccc([C@]23CCN(C(=O)C4CC4)CC2Cc2c([nH]c4ccccc24)C3)c1. The fraction of sp³-hybridized carbons (Fsp3) is 0.423. The number of amides is 1. The molecule has 1 N–H and O–H groups in total. The van der Waals surface area contributed by atoms with Crippen LogP contribution in [0.25, 0.3) is 10.9 Å². The number of nitrogens with one attached hydrogen (secondary N) is 1. The van der Waals surface area contributed by atoms with Crippen LogP contribution in [0.5, 0.6) is 5.75 Å². The van der Waals surface area contributed by atoms with Crippen LogP contribution in [-0.2, 0) is 23.1 Å². The lowest BCUT2D eigenvalue weighted by molar-refractivity contribution is -0.135. The average molecular weight is 401 g/mol. The second-order valence-corrected chi connectivity index (χ2v) is 9.40. The third-order valence-electron chi connectivity index (χ3n) is 7.78. The van der Waals surface area contributed by atoms with E-state index in [1.165, 1.54) is 27.7 Å². The summed E-state index contributed by atoms with van der Waals surface area (Å²) in [4.78, 5) is 18.8. The molecule has 2 aliphatic carbocycles. The Morgan fingerprint density at radius 1 is 1.17 bits per heavy atom.